The van der Waals surface area contributed by atoms with Crippen molar-refractivity contribution >= 4 is 22.7 Å². The lowest BCUT2D eigenvalue weighted by atomic mass is 10.1. The summed E-state index contributed by atoms with van der Waals surface area (Å²) < 4.78 is 64.8. The number of aryl methyl sites for hydroxylation is 1. The van der Waals surface area contributed by atoms with Crippen LogP contribution in [-0.2, 0) is 5.92 Å². The van der Waals surface area contributed by atoms with Gasteiger partial charge in [-0.1, -0.05) is 18.2 Å². The van der Waals surface area contributed by atoms with Gasteiger partial charge in [-0.05, 0) is 42.3 Å². The molecule has 8 heteroatoms. The maximum atomic E-state index is 13.5. The van der Waals surface area contributed by atoms with Crippen LogP contribution in [0.25, 0.3) is 10.4 Å². The Balaban J connectivity index is 1.92. The number of nitrogens with zero attached hydrogens (tertiary/aromatic N) is 1. The van der Waals surface area contributed by atoms with Gasteiger partial charge in [0.1, 0.15) is 0 Å². The number of anilines is 2. The molecule has 0 fully saturated rings. The average Bonchev–Trinajstić information content (AvgIpc) is 3.08. The molecule has 0 aliphatic heterocycles. The lowest BCUT2D eigenvalue weighted by Crippen LogP contribution is -2.33. The number of thiazole rings is 1. The van der Waals surface area contributed by atoms with E-state index in [9.17, 15) is 22.0 Å². The van der Waals surface area contributed by atoms with Crippen molar-refractivity contribution < 1.29 is 22.0 Å². The van der Waals surface area contributed by atoms with Crippen molar-refractivity contribution in [2.24, 2.45) is 0 Å². The van der Waals surface area contributed by atoms with Gasteiger partial charge in [-0.15, -0.1) is 11.3 Å². The Labute approximate surface area is 150 Å². The standard InChI is InChI=1S/C18H13F5N2S/c1-11-5-12(16-9-24-10-26-16)7-15(6-11)25-14-4-2-3-13(8-14)17(19,20)18(21,22)23/h2-10,25H,1H3. The summed E-state index contributed by atoms with van der Waals surface area (Å²) in [6.45, 7) is 1.87. The van der Waals surface area contributed by atoms with Crippen molar-refractivity contribution in [1.29, 1.82) is 0 Å². The van der Waals surface area contributed by atoms with E-state index in [0.717, 1.165) is 34.2 Å². The van der Waals surface area contributed by atoms with E-state index in [1.54, 1.807) is 23.8 Å². The van der Waals surface area contributed by atoms with Crippen molar-refractivity contribution in [3.05, 3.63) is 65.3 Å². The summed E-state index contributed by atoms with van der Waals surface area (Å²) in [7, 11) is 0. The van der Waals surface area contributed by atoms with Crippen LogP contribution in [0.1, 0.15) is 11.1 Å². The molecule has 136 valence electrons. The molecule has 1 aromatic heterocycles. The van der Waals surface area contributed by atoms with Crippen LogP contribution in [0.5, 0.6) is 0 Å². The number of benzene rings is 2. The van der Waals surface area contributed by atoms with Crippen molar-refractivity contribution in [3.8, 4) is 10.4 Å². The molecular weight excluding hydrogens is 371 g/mol. The van der Waals surface area contributed by atoms with Gasteiger partial charge >= 0.3 is 12.1 Å². The van der Waals surface area contributed by atoms with Crippen molar-refractivity contribution in [2.75, 3.05) is 5.32 Å². The summed E-state index contributed by atoms with van der Waals surface area (Å²) in [5.41, 5.74) is 3.11. The van der Waals surface area contributed by atoms with Gasteiger partial charge in [0.25, 0.3) is 0 Å². The first kappa shape index (κ1) is 18.3. The Morgan fingerprint density at radius 1 is 0.962 bits per heavy atom. The zero-order valence-corrected chi connectivity index (χ0v) is 14.3. The summed E-state index contributed by atoms with van der Waals surface area (Å²) in [6, 6.07) is 9.67. The van der Waals surface area contributed by atoms with Crippen LogP contribution in [0.3, 0.4) is 0 Å². The van der Waals surface area contributed by atoms with Crippen LogP contribution in [0, 0.1) is 6.92 Å². The van der Waals surface area contributed by atoms with Crippen LogP contribution in [0.4, 0.5) is 33.3 Å². The molecule has 0 amide bonds. The molecular formula is C18H13F5N2S. The molecule has 3 aromatic rings. The zero-order chi connectivity index (χ0) is 18.9. The van der Waals surface area contributed by atoms with Crippen molar-refractivity contribution in [1.82, 2.24) is 4.98 Å². The van der Waals surface area contributed by atoms with Crippen LogP contribution >= 0.6 is 11.3 Å². The van der Waals surface area contributed by atoms with E-state index in [1.165, 1.54) is 17.4 Å². The van der Waals surface area contributed by atoms with E-state index in [2.05, 4.69) is 10.3 Å². The molecule has 0 atom stereocenters. The van der Waals surface area contributed by atoms with E-state index < -0.39 is 17.7 Å². The fourth-order valence-electron chi connectivity index (χ4n) is 2.48. The number of halogens is 5. The summed E-state index contributed by atoms with van der Waals surface area (Å²) >= 11 is 1.45. The molecule has 0 bridgehead atoms. The van der Waals surface area contributed by atoms with Crippen molar-refractivity contribution in [2.45, 2.75) is 19.0 Å². The van der Waals surface area contributed by atoms with Crippen molar-refractivity contribution in [3.63, 3.8) is 0 Å². The number of rotatable bonds is 4. The fourth-order valence-corrected chi connectivity index (χ4v) is 3.09. The molecule has 0 spiro atoms. The summed E-state index contributed by atoms with van der Waals surface area (Å²) in [6.07, 6.45) is -3.94. The predicted molar refractivity (Wildman–Crippen MR) is 92.0 cm³/mol. The SMILES string of the molecule is Cc1cc(Nc2cccc(C(F)(F)C(F)(F)F)c2)cc(-c2cncs2)c1. The highest BCUT2D eigenvalue weighted by Gasteiger charge is 2.58. The summed E-state index contributed by atoms with van der Waals surface area (Å²) in [5, 5.41) is 2.89. The maximum Gasteiger partial charge on any atom is 0.458 e. The maximum absolute atomic E-state index is 13.5. The average molecular weight is 384 g/mol. The first-order valence-corrected chi connectivity index (χ1v) is 8.37. The number of aromatic nitrogens is 1. The molecule has 0 saturated carbocycles. The third-order valence-corrected chi connectivity index (χ3v) is 4.49. The molecule has 0 aliphatic rings. The molecule has 1 heterocycles. The highest BCUT2D eigenvalue weighted by atomic mass is 32.1. The zero-order valence-electron chi connectivity index (χ0n) is 13.4. The Morgan fingerprint density at radius 3 is 2.38 bits per heavy atom. The van der Waals surface area contributed by atoms with Gasteiger partial charge in [-0.3, -0.25) is 4.98 Å². The highest BCUT2D eigenvalue weighted by Crippen LogP contribution is 2.44. The van der Waals surface area contributed by atoms with Gasteiger partial charge in [0, 0.05) is 23.1 Å². The molecule has 0 saturated heterocycles. The number of nitrogens with one attached hydrogen (secondary N) is 1. The van der Waals surface area contributed by atoms with E-state index in [-0.39, 0.29) is 5.69 Å². The van der Waals surface area contributed by atoms with E-state index in [0.29, 0.717) is 5.69 Å². The molecule has 26 heavy (non-hydrogen) atoms. The van der Waals surface area contributed by atoms with E-state index in [4.69, 9.17) is 0 Å². The van der Waals surface area contributed by atoms with Crippen LogP contribution < -0.4 is 5.32 Å². The Morgan fingerprint density at radius 2 is 1.73 bits per heavy atom. The number of hydrogen-bond acceptors (Lipinski definition) is 3. The fraction of sp³-hybridized carbons (Fsp3) is 0.167. The minimum Gasteiger partial charge on any atom is -0.355 e. The third kappa shape index (κ3) is 3.70. The van der Waals surface area contributed by atoms with Crippen LogP contribution in [0.2, 0.25) is 0 Å². The largest absolute Gasteiger partial charge is 0.458 e. The highest BCUT2D eigenvalue weighted by molar-refractivity contribution is 7.13. The predicted octanol–water partition coefficient (Wildman–Crippen LogP) is 6.52. The van der Waals surface area contributed by atoms with Gasteiger partial charge < -0.3 is 5.32 Å². The first-order chi connectivity index (χ1) is 12.2. The summed E-state index contributed by atoms with van der Waals surface area (Å²) in [5.74, 6) is -4.91. The van der Waals surface area contributed by atoms with Gasteiger partial charge in [-0.25, -0.2) is 0 Å². The lowest BCUT2D eigenvalue weighted by molar-refractivity contribution is -0.289. The minimum absolute atomic E-state index is 0.146. The first-order valence-electron chi connectivity index (χ1n) is 7.49. The smallest absolute Gasteiger partial charge is 0.355 e. The molecule has 1 N–H and O–H groups in total. The van der Waals surface area contributed by atoms with Crippen LogP contribution in [0.15, 0.2) is 54.2 Å². The summed E-state index contributed by atoms with van der Waals surface area (Å²) in [4.78, 5) is 4.94. The van der Waals surface area contributed by atoms with Gasteiger partial charge in [-0.2, -0.15) is 22.0 Å². The number of alkyl halides is 5. The molecule has 2 nitrogen and oxygen atoms in total. The normalized spacial score (nSPS) is 12.2. The third-order valence-electron chi connectivity index (χ3n) is 3.66. The second-order valence-electron chi connectivity index (χ2n) is 5.73. The van der Waals surface area contributed by atoms with E-state index in [1.807, 2.05) is 13.0 Å². The second-order valence-corrected chi connectivity index (χ2v) is 6.62. The molecule has 0 radical (unpaired) electrons. The van der Waals surface area contributed by atoms with Gasteiger partial charge in [0.05, 0.1) is 10.4 Å². The van der Waals surface area contributed by atoms with Gasteiger partial charge in [0.15, 0.2) is 0 Å². The molecule has 0 aliphatic carbocycles. The topological polar surface area (TPSA) is 24.9 Å². The van der Waals surface area contributed by atoms with Gasteiger partial charge in [0.2, 0.25) is 0 Å². The quantitative estimate of drug-likeness (QED) is 0.518. The minimum atomic E-state index is -5.64. The Bertz CT molecular complexity index is 904. The monoisotopic (exact) mass is 384 g/mol. The number of hydrogen-bond donors (Lipinski definition) is 1. The Kier molecular flexibility index (Phi) is 4.70. The molecule has 3 rings (SSSR count). The molecule has 0 unspecified atom stereocenters. The second kappa shape index (κ2) is 6.68. The lowest BCUT2D eigenvalue weighted by Gasteiger charge is -2.20. The van der Waals surface area contributed by atoms with Crippen LogP contribution in [-0.4, -0.2) is 11.2 Å². The Hall–Kier alpha value is -2.48. The molecule has 2 aromatic carbocycles. The van der Waals surface area contributed by atoms with E-state index >= 15 is 0 Å².